The maximum Gasteiger partial charge on any atom is 0.239 e. The molecule has 2 rings (SSSR count). The highest BCUT2D eigenvalue weighted by Crippen LogP contribution is 2.22. The molecule has 2 heterocycles. The van der Waals surface area contributed by atoms with Crippen LogP contribution in [0, 0.1) is 0 Å². The van der Waals surface area contributed by atoms with Crippen LogP contribution in [0.1, 0.15) is 26.7 Å². The number of aromatic nitrogens is 1. The summed E-state index contributed by atoms with van der Waals surface area (Å²) < 4.78 is 5.53. The van der Waals surface area contributed by atoms with E-state index in [4.69, 9.17) is 10.5 Å². The van der Waals surface area contributed by atoms with Gasteiger partial charge in [-0.3, -0.25) is 4.79 Å². The van der Waals surface area contributed by atoms with Crippen LogP contribution in [0.2, 0.25) is 0 Å². The van der Waals surface area contributed by atoms with E-state index in [1.54, 1.807) is 12.1 Å². The van der Waals surface area contributed by atoms with Crippen LogP contribution in [0.25, 0.3) is 0 Å². The van der Waals surface area contributed by atoms with E-state index < -0.39 is 0 Å². The molecule has 1 aromatic rings. The van der Waals surface area contributed by atoms with Crippen LogP contribution >= 0.6 is 0 Å². The van der Waals surface area contributed by atoms with Crippen molar-refractivity contribution < 1.29 is 9.53 Å². The summed E-state index contributed by atoms with van der Waals surface area (Å²) in [5, 5.41) is 6.08. The standard InChI is InChI=1S/C13H20N4O2/c1-8(2)19-13-10(14)4-5-11(17-13)15-7-9-3-6-12(18)16-9/h4-5,8-9H,3,6-7,14H2,1-2H3,(H,15,17)(H,16,18). The van der Waals surface area contributed by atoms with Gasteiger partial charge in [-0.1, -0.05) is 0 Å². The second-order valence-electron chi connectivity index (χ2n) is 4.94. The molecule has 1 fully saturated rings. The molecule has 1 amide bonds. The van der Waals surface area contributed by atoms with Crippen molar-refractivity contribution in [2.24, 2.45) is 0 Å². The van der Waals surface area contributed by atoms with Gasteiger partial charge < -0.3 is 21.1 Å². The SMILES string of the molecule is CC(C)Oc1nc(NCC2CCC(=O)N2)ccc1N. The predicted octanol–water partition coefficient (Wildman–Crippen LogP) is 1.14. The number of nitrogens with one attached hydrogen (secondary N) is 2. The molecule has 1 unspecified atom stereocenters. The maximum atomic E-state index is 11.1. The Morgan fingerprint density at radius 1 is 1.58 bits per heavy atom. The minimum absolute atomic E-state index is 0.0270. The number of amides is 1. The fourth-order valence-electron chi connectivity index (χ4n) is 1.93. The van der Waals surface area contributed by atoms with Gasteiger partial charge in [-0.15, -0.1) is 0 Å². The number of nitrogen functional groups attached to an aromatic ring is 1. The first kappa shape index (κ1) is 13.5. The number of pyridine rings is 1. The molecule has 1 atom stereocenters. The van der Waals surface area contributed by atoms with E-state index in [1.165, 1.54) is 0 Å². The lowest BCUT2D eigenvalue weighted by atomic mass is 10.2. The first-order valence-electron chi connectivity index (χ1n) is 6.51. The zero-order valence-electron chi connectivity index (χ0n) is 11.3. The summed E-state index contributed by atoms with van der Waals surface area (Å²) in [6.07, 6.45) is 1.48. The largest absolute Gasteiger partial charge is 0.473 e. The minimum Gasteiger partial charge on any atom is -0.473 e. The van der Waals surface area contributed by atoms with Crippen LogP contribution in [0.15, 0.2) is 12.1 Å². The van der Waals surface area contributed by atoms with Crippen molar-refractivity contribution in [3.05, 3.63) is 12.1 Å². The third kappa shape index (κ3) is 3.74. The molecule has 0 aliphatic carbocycles. The molecule has 4 N–H and O–H groups in total. The van der Waals surface area contributed by atoms with Gasteiger partial charge in [0.1, 0.15) is 5.82 Å². The van der Waals surface area contributed by atoms with Crippen LogP contribution < -0.4 is 21.1 Å². The molecule has 104 valence electrons. The van der Waals surface area contributed by atoms with Gasteiger partial charge in [-0.25, -0.2) is 0 Å². The maximum absolute atomic E-state index is 11.1. The van der Waals surface area contributed by atoms with Gasteiger partial charge in [0.15, 0.2) is 0 Å². The monoisotopic (exact) mass is 264 g/mol. The highest BCUT2D eigenvalue weighted by Gasteiger charge is 2.20. The van der Waals surface area contributed by atoms with E-state index in [1.807, 2.05) is 13.8 Å². The van der Waals surface area contributed by atoms with Crippen LogP contribution in [0.4, 0.5) is 11.5 Å². The summed E-state index contributed by atoms with van der Waals surface area (Å²) >= 11 is 0. The molecular formula is C13H20N4O2. The first-order valence-corrected chi connectivity index (χ1v) is 6.51. The molecule has 0 bridgehead atoms. The van der Waals surface area contributed by atoms with Crippen LogP contribution in [0.3, 0.4) is 0 Å². The smallest absolute Gasteiger partial charge is 0.239 e. The first-order chi connectivity index (χ1) is 9.04. The Hall–Kier alpha value is -1.98. The number of carbonyl (C=O) groups excluding carboxylic acids is 1. The van der Waals surface area contributed by atoms with E-state index >= 15 is 0 Å². The molecule has 6 nitrogen and oxygen atoms in total. The molecule has 1 aliphatic heterocycles. The summed E-state index contributed by atoms with van der Waals surface area (Å²) in [5.41, 5.74) is 6.32. The number of rotatable bonds is 5. The van der Waals surface area contributed by atoms with E-state index in [0.29, 0.717) is 30.4 Å². The quantitative estimate of drug-likeness (QED) is 0.742. The fraction of sp³-hybridized carbons (Fsp3) is 0.538. The van der Waals surface area contributed by atoms with Crippen molar-refractivity contribution in [3.8, 4) is 5.88 Å². The summed E-state index contributed by atoms with van der Waals surface area (Å²) in [7, 11) is 0. The molecular weight excluding hydrogens is 244 g/mol. The van der Waals surface area contributed by atoms with E-state index in [2.05, 4.69) is 15.6 Å². The van der Waals surface area contributed by atoms with E-state index in [0.717, 1.165) is 6.42 Å². The Kier molecular flexibility index (Phi) is 4.09. The average Bonchev–Trinajstić information content (AvgIpc) is 2.75. The van der Waals surface area contributed by atoms with Crippen molar-refractivity contribution in [1.29, 1.82) is 0 Å². The van der Waals surface area contributed by atoms with E-state index in [9.17, 15) is 4.79 Å². The topological polar surface area (TPSA) is 89.3 Å². The molecule has 1 saturated heterocycles. The number of carbonyl (C=O) groups is 1. The summed E-state index contributed by atoms with van der Waals surface area (Å²) in [6, 6.07) is 3.74. The van der Waals surface area contributed by atoms with Crippen molar-refractivity contribution in [1.82, 2.24) is 10.3 Å². The van der Waals surface area contributed by atoms with Gasteiger partial charge in [-0.05, 0) is 32.4 Å². The lowest BCUT2D eigenvalue weighted by Gasteiger charge is -2.15. The van der Waals surface area contributed by atoms with Gasteiger partial charge >= 0.3 is 0 Å². The normalized spacial score (nSPS) is 18.5. The Morgan fingerprint density at radius 2 is 2.37 bits per heavy atom. The summed E-state index contributed by atoms with van der Waals surface area (Å²) in [5.74, 6) is 1.25. The molecule has 1 aromatic heterocycles. The number of anilines is 2. The van der Waals surface area contributed by atoms with Gasteiger partial charge in [-0.2, -0.15) is 4.98 Å². The number of nitrogens with zero attached hydrogens (tertiary/aromatic N) is 1. The molecule has 0 spiro atoms. The average molecular weight is 264 g/mol. The Bertz CT molecular complexity index is 462. The highest BCUT2D eigenvalue weighted by molar-refractivity contribution is 5.78. The Morgan fingerprint density at radius 3 is 3.00 bits per heavy atom. The van der Waals surface area contributed by atoms with Crippen molar-refractivity contribution >= 4 is 17.4 Å². The number of hydrogen-bond acceptors (Lipinski definition) is 5. The van der Waals surface area contributed by atoms with E-state index in [-0.39, 0.29) is 18.1 Å². The summed E-state index contributed by atoms with van der Waals surface area (Å²) in [6.45, 7) is 4.51. The Labute approximate surface area is 112 Å². The Balaban J connectivity index is 1.94. The molecule has 0 saturated carbocycles. The van der Waals surface area contributed by atoms with Crippen LogP contribution in [0.5, 0.6) is 5.88 Å². The molecule has 19 heavy (non-hydrogen) atoms. The van der Waals surface area contributed by atoms with Crippen LogP contribution in [-0.4, -0.2) is 29.6 Å². The molecule has 0 aromatic carbocycles. The number of hydrogen-bond donors (Lipinski definition) is 3. The van der Waals surface area contributed by atoms with Crippen molar-refractivity contribution in [2.75, 3.05) is 17.6 Å². The zero-order chi connectivity index (χ0) is 13.8. The minimum atomic E-state index is 0.0270. The second kappa shape index (κ2) is 5.77. The lowest BCUT2D eigenvalue weighted by Crippen LogP contribution is -2.32. The molecule has 6 heteroatoms. The second-order valence-corrected chi connectivity index (χ2v) is 4.94. The number of nitrogens with two attached hydrogens (primary N) is 1. The molecule has 1 aliphatic rings. The van der Waals surface area contributed by atoms with Gasteiger partial charge in [0.25, 0.3) is 0 Å². The predicted molar refractivity (Wildman–Crippen MR) is 74.1 cm³/mol. The highest BCUT2D eigenvalue weighted by atomic mass is 16.5. The van der Waals surface area contributed by atoms with Gasteiger partial charge in [0.2, 0.25) is 11.8 Å². The van der Waals surface area contributed by atoms with Crippen molar-refractivity contribution in [3.63, 3.8) is 0 Å². The summed E-state index contributed by atoms with van der Waals surface area (Å²) in [4.78, 5) is 15.4. The third-order valence-electron chi connectivity index (χ3n) is 2.85. The van der Waals surface area contributed by atoms with Gasteiger partial charge in [0, 0.05) is 19.0 Å². The van der Waals surface area contributed by atoms with Gasteiger partial charge in [0.05, 0.1) is 11.8 Å². The number of ether oxygens (including phenoxy) is 1. The van der Waals surface area contributed by atoms with Crippen LogP contribution in [-0.2, 0) is 4.79 Å². The van der Waals surface area contributed by atoms with Crippen molar-refractivity contribution in [2.45, 2.75) is 38.8 Å². The fourth-order valence-corrected chi connectivity index (χ4v) is 1.93. The lowest BCUT2D eigenvalue weighted by molar-refractivity contribution is -0.119. The zero-order valence-corrected chi connectivity index (χ0v) is 11.3. The molecule has 0 radical (unpaired) electrons. The third-order valence-corrected chi connectivity index (χ3v) is 2.85.